The first-order valence-electron chi connectivity index (χ1n) is 19.2. The molecular weight excluding hydrogens is 727 g/mol. The molecule has 3 unspecified atom stereocenters. The molecule has 0 radical (unpaired) electrons. The molecule has 5 aromatic rings. The zero-order valence-corrected chi connectivity index (χ0v) is 31.1. The highest BCUT2D eigenvalue weighted by molar-refractivity contribution is 6.04. The molecule has 5 fully saturated rings. The number of carbonyl (C=O) groups excluding carboxylic acids is 3. The van der Waals surface area contributed by atoms with E-state index in [0.717, 1.165) is 85.5 Å². The maximum atomic E-state index is 13.5. The van der Waals surface area contributed by atoms with Crippen LogP contribution in [0, 0.1) is 12.8 Å². The fourth-order valence-electron chi connectivity index (χ4n) is 9.47. The number of rotatable bonds is 7. The van der Waals surface area contributed by atoms with Crippen molar-refractivity contribution < 1.29 is 27.6 Å². The number of para-hydroxylation sites is 1. The number of nitrogens with one attached hydrogen (secondary N) is 2. The quantitative estimate of drug-likeness (QED) is 0.212. The molecule has 3 atom stereocenters. The first-order valence-corrected chi connectivity index (χ1v) is 19.2. The van der Waals surface area contributed by atoms with Gasteiger partial charge in [0.05, 0.1) is 28.3 Å². The molecule has 56 heavy (non-hydrogen) atoms. The third-order valence-electron chi connectivity index (χ3n) is 12.2. The number of halogens is 3. The fraction of sp³-hybridized carbons (Fsp3) is 0.450. The lowest BCUT2D eigenvalue weighted by Gasteiger charge is -2.58. The molecule has 10 rings (SSSR count). The van der Waals surface area contributed by atoms with Crippen LogP contribution in [0.4, 0.5) is 24.5 Å². The lowest BCUT2D eigenvalue weighted by Crippen LogP contribution is -2.69. The Labute approximate surface area is 319 Å². The molecule has 2 aromatic carbocycles. The number of fused-ring (bicyclic) bond motifs is 4. The molecule has 5 aliphatic rings. The lowest BCUT2D eigenvalue weighted by atomic mass is 9.83. The molecule has 0 spiro atoms. The van der Waals surface area contributed by atoms with Crippen molar-refractivity contribution in [2.45, 2.75) is 82.2 Å². The summed E-state index contributed by atoms with van der Waals surface area (Å²) in [6.45, 7) is 4.75. The van der Waals surface area contributed by atoms with E-state index in [1.165, 1.54) is 12.1 Å². The smallest absolute Gasteiger partial charge is 0.361 e. The van der Waals surface area contributed by atoms with Crippen molar-refractivity contribution in [3.8, 4) is 0 Å². The van der Waals surface area contributed by atoms with E-state index >= 15 is 0 Å². The van der Waals surface area contributed by atoms with Crippen molar-refractivity contribution in [1.29, 1.82) is 0 Å². The number of imide groups is 1. The molecule has 3 amide bonds. The Balaban J connectivity index is 0.822. The normalized spacial score (nSPS) is 24.4. The standard InChI is InChI=1S/C40H42F3N9O4/c1-22-15-30-24(16-29(22)45-37(54)28-5-3-8-34(44-28)40(41,42)43)19-50(47-30)25-11-9-23(10-12-25)18-49-20-26-17-27(21-49)51(26)31-6-4-7-32-36(31)48(2)39(56)52(32)33-13-14-35(53)46-38(33)55/h3-8,15-16,19,23,25-27,33H,9-14,17-18,20-21H2,1-2H3,(H,45,54)(H,46,53,55). The molecule has 1 aliphatic carbocycles. The number of piperidine rings is 2. The van der Waals surface area contributed by atoms with Crippen molar-refractivity contribution >= 4 is 51.0 Å². The Morgan fingerprint density at radius 3 is 2.45 bits per heavy atom. The summed E-state index contributed by atoms with van der Waals surface area (Å²) in [6, 6.07) is 13.1. The molecule has 2 N–H and O–H groups in total. The van der Waals surface area contributed by atoms with E-state index in [4.69, 9.17) is 5.10 Å². The molecule has 4 aliphatic heterocycles. The van der Waals surface area contributed by atoms with Gasteiger partial charge in [-0.2, -0.15) is 18.3 Å². The van der Waals surface area contributed by atoms with Gasteiger partial charge in [-0.25, -0.2) is 9.78 Å². The van der Waals surface area contributed by atoms with Crippen LogP contribution in [-0.4, -0.2) is 78.2 Å². The number of pyridine rings is 1. The van der Waals surface area contributed by atoms with Crippen LogP contribution >= 0.6 is 0 Å². The Morgan fingerprint density at radius 1 is 0.964 bits per heavy atom. The largest absolute Gasteiger partial charge is 0.433 e. The Kier molecular flexibility index (Phi) is 8.78. The van der Waals surface area contributed by atoms with Gasteiger partial charge in [0, 0.05) is 62.5 Å². The second-order valence-corrected chi connectivity index (χ2v) is 15.9. The molecule has 16 heteroatoms. The summed E-state index contributed by atoms with van der Waals surface area (Å²) in [4.78, 5) is 59.4. The zero-order valence-electron chi connectivity index (χ0n) is 31.1. The van der Waals surface area contributed by atoms with Gasteiger partial charge in [0.15, 0.2) is 0 Å². The van der Waals surface area contributed by atoms with E-state index in [9.17, 15) is 32.3 Å². The van der Waals surface area contributed by atoms with Crippen LogP contribution in [0.2, 0.25) is 0 Å². The van der Waals surface area contributed by atoms with Crippen LogP contribution in [0.3, 0.4) is 0 Å². The van der Waals surface area contributed by atoms with Gasteiger partial charge in [-0.15, -0.1) is 0 Å². The fourth-order valence-corrected chi connectivity index (χ4v) is 9.47. The predicted molar refractivity (Wildman–Crippen MR) is 202 cm³/mol. The number of carbonyl (C=O) groups is 3. The van der Waals surface area contributed by atoms with Crippen molar-refractivity contribution in [2.24, 2.45) is 13.0 Å². The Hall–Kier alpha value is -5.51. The van der Waals surface area contributed by atoms with E-state index < -0.39 is 29.7 Å². The van der Waals surface area contributed by atoms with Gasteiger partial charge in [-0.1, -0.05) is 12.1 Å². The van der Waals surface area contributed by atoms with Gasteiger partial charge < -0.3 is 10.2 Å². The average Bonchev–Trinajstić information content (AvgIpc) is 3.69. The van der Waals surface area contributed by atoms with Crippen molar-refractivity contribution in [2.75, 3.05) is 29.9 Å². The van der Waals surface area contributed by atoms with Crippen molar-refractivity contribution in [3.63, 3.8) is 0 Å². The number of anilines is 2. The van der Waals surface area contributed by atoms with Gasteiger partial charge in [0.1, 0.15) is 17.4 Å². The molecule has 2 bridgehead atoms. The van der Waals surface area contributed by atoms with Crippen LogP contribution in [0.5, 0.6) is 0 Å². The molecule has 3 aromatic heterocycles. The number of alkyl halides is 3. The SMILES string of the molecule is Cc1cc2nn(C3CCC(CN4CC5CC(C4)N5c4cccc5c4n(C)c(=O)n5C4CCC(=O)NC4=O)CC3)cc2cc1NC(=O)c1cccc(C(F)(F)F)n1. The second-order valence-electron chi connectivity index (χ2n) is 15.9. The van der Waals surface area contributed by atoms with Crippen molar-refractivity contribution in [1.82, 2.24) is 34.1 Å². The minimum absolute atomic E-state index is 0.202. The molecule has 1 saturated carbocycles. The number of benzene rings is 2. The first-order chi connectivity index (χ1) is 26.8. The summed E-state index contributed by atoms with van der Waals surface area (Å²) >= 11 is 0. The van der Waals surface area contributed by atoms with Crippen LogP contribution in [0.15, 0.2) is 59.5 Å². The monoisotopic (exact) mass is 769 g/mol. The summed E-state index contributed by atoms with van der Waals surface area (Å²) in [6.07, 6.45) is 3.09. The Morgan fingerprint density at radius 2 is 1.71 bits per heavy atom. The van der Waals surface area contributed by atoms with Crippen molar-refractivity contribution in [3.05, 3.63) is 82.2 Å². The van der Waals surface area contributed by atoms with Gasteiger partial charge in [-0.05, 0) is 93.3 Å². The highest BCUT2D eigenvalue weighted by Crippen LogP contribution is 2.42. The number of hydrogen-bond donors (Lipinski definition) is 2. The lowest BCUT2D eigenvalue weighted by molar-refractivity contribution is -0.141. The van der Waals surface area contributed by atoms with E-state index in [-0.39, 0.29) is 29.8 Å². The predicted octanol–water partition coefficient (Wildman–Crippen LogP) is 5.34. The summed E-state index contributed by atoms with van der Waals surface area (Å²) in [5.74, 6) is -0.886. The maximum Gasteiger partial charge on any atom is 0.433 e. The number of hydrogen-bond acceptors (Lipinski definition) is 8. The van der Waals surface area contributed by atoms with Gasteiger partial charge in [0.2, 0.25) is 11.8 Å². The van der Waals surface area contributed by atoms with E-state index in [2.05, 4.69) is 31.5 Å². The minimum atomic E-state index is -4.64. The number of imidazole rings is 1. The molecule has 292 valence electrons. The number of piperazine rings is 1. The first kappa shape index (κ1) is 36.1. The van der Waals surface area contributed by atoms with Crippen LogP contribution in [-0.2, 0) is 22.8 Å². The van der Waals surface area contributed by atoms with E-state index in [1.807, 2.05) is 42.1 Å². The van der Waals surface area contributed by atoms with Gasteiger partial charge in [-0.3, -0.25) is 38.4 Å². The number of nitrogens with zero attached hydrogens (tertiary/aromatic N) is 7. The third-order valence-corrected chi connectivity index (χ3v) is 12.2. The van der Waals surface area contributed by atoms with Gasteiger partial charge in [0.25, 0.3) is 5.91 Å². The van der Waals surface area contributed by atoms with E-state index in [0.29, 0.717) is 35.6 Å². The van der Waals surface area contributed by atoms with E-state index in [1.54, 1.807) is 16.2 Å². The molecule has 4 saturated heterocycles. The summed E-state index contributed by atoms with van der Waals surface area (Å²) < 4.78 is 44.7. The maximum absolute atomic E-state index is 13.5. The topological polar surface area (TPSA) is 139 Å². The molecule has 13 nitrogen and oxygen atoms in total. The Bertz CT molecular complexity index is 2450. The summed E-state index contributed by atoms with van der Waals surface area (Å²) in [5.41, 5.74) is 2.89. The van der Waals surface area contributed by atoms with Crippen LogP contribution in [0.25, 0.3) is 21.9 Å². The third kappa shape index (κ3) is 6.33. The van der Waals surface area contributed by atoms with Crippen LogP contribution < -0.4 is 21.2 Å². The molecular formula is C40H42F3N9O4. The second kappa shape index (κ2) is 13.6. The number of aryl methyl sites for hydroxylation is 2. The minimum Gasteiger partial charge on any atom is -0.361 e. The number of amides is 3. The molecule has 7 heterocycles. The average molecular weight is 770 g/mol. The highest BCUT2D eigenvalue weighted by atomic mass is 19.4. The summed E-state index contributed by atoms with van der Waals surface area (Å²) in [7, 11) is 1.75. The zero-order chi connectivity index (χ0) is 39.0. The highest BCUT2D eigenvalue weighted by Gasteiger charge is 2.46. The summed E-state index contributed by atoms with van der Waals surface area (Å²) in [5, 5.41) is 10.8. The van der Waals surface area contributed by atoms with Crippen LogP contribution in [0.1, 0.15) is 78.8 Å². The number of aromatic nitrogens is 5. The van der Waals surface area contributed by atoms with Gasteiger partial charge >= 0.3 is 11.9 Å².